The van der Waals surface area contributed by atoms with Crippen LogP contribution in [0.1, 0.15) is 50.6 Å². The van der Waals surface area contributed by atoms with Crippen LogP contribution in [0.25, 0.3) is 10.2 Å². The Morgan fingerprint density at radius 3 is 3.16 bits per heavy atom. The fraction of sp³-hybridized carbons (Fsp3) is 0.562. The number of nitrogens with one attached hydrogen (secondary N) is 1. The smallest absolute Gasteiger partial charge is 0.0809 e. The first kappa shape index (κ1) is 13.1. The van der Waals surface area contributed by atoms with Crippen molar-refractivity contribution in [1.29, 1.82) is 0 Å². The number of fused-ring (bicyclic) bond motifs is 1. The molecule has 0 amide bonds. The van der Waals surface area contributed by atoms with Crippen molar-refractivity contribution in [2.45, 2.75) is 45.1 Å². The van der Waals surface area contributed by atoms with E-state index in [1.165, 1.54) is 42.4 Å². The molecule has 1 saturated carbocycles. The number of hydrogen-bond donors (Lipinski definition) is 1. The molecule has 2 aromatic rings. The van der Waals surface area contributed by atoms with Crippen LogP contribution in [0.15, 0.2) is 23.7 Å². The molecule has 1 aliphatic rings. The number of thiophene rings is 1. The second kappa shape index (κ2) is 6.02. The minimum Gasteiger partial charge on any atom is -0.310 e. The molecule has 0 spiro atoms. The van der Waals surface area contributed by atoms with Crippen molar-refractivity contribution >= 4 is 21.6 Å². The van der Waals surface area contributed by atoms with E-state index in [0.717, 1.165) is 18.0 Å². The van der Waals surface area contributed by atoms with Crippen molar-refractivity contribution in [2.24, 2.45) is 5.92 Å². The lowest BCUT2D eigenvalue weighted by molar-refractivity contribution is 0.469. The third-order valence-corrected chi connectivity index (χ3v) is 4.78. The number of aromatic nitrogens is 1. The molecule has 1 fully saturated rings. The van der Waals surface area contributed by atoms with Crippen LogP contribution in [0, 0.1) is 5.92 Å². The molecule has 0 saturated heterocycles. The standard InChI is InChI=1S/C16H22N2S/c1-2-8-17-14(6-5-12-3-4-12)13-10-16-15(18-11-13)7-9-19-16/h7,9-12,14,17H,2-6,8H2,1H3. The minimum atomic E-state index is 0.486. The first-order chi connectivity index (χ1) is 9.36. The molecule has 1 N–H and O–H groups in total. The van der Waals surface area contributed by atoms with Crippen LogP contribution in [-0.4, -0.2) is 11.5 Å². The van der Waals surface area contributed by atoms with Gasteiger partial charge in [-0.15, -0.1) is 11.3 Å². The maximum absolute atomic E-state index is 4.58. The highest BCUT2D eigenvalue weighted by atomic mass is 32.1. The Balaban J connectivity index is 1.74. The zero-order valence-electron chi connectivity index (χ0n) is 11.6. The molecule has 2 aromatic heterocycles. The largest absolute Gasteiger partial charge is 0.310 e. The molecule has 1 atom stereocenters. The van der Waals surface area contributed by atoms with Gasteiger partial charge in [-0.25, -0.2) is 0 Å². The Morgan fingerprint density at radius 2 is 2.37 bits per heavy atom. The van der Waals surface area contributed by atoms with E-state index in [4.69, 9.17) is 0 Å². The Hall–Kier alpha value is -0.930. The fourth-order valence-electron chi connectivity index (χ4n) is 2.57. The van der Waals surface area contributed by atoms with E-state index in [1.54, 1.807) is 11.3 Å². The zero-order valence-corrected chi connectivity index (χ0v) is 12.4. The average molecular weight is 274 g/mol. The Bertz CT molecular complexity index is 530. The lowest BCUT2D eigenvalue weighted by Crippen LogP contribution is -2.22. The second-order valence-electron chi connectivity index (χ2n) is 5.60. The summed E-state index contributed by atoms with van der Waals surface area (Å²) < 4.78 is 1.31. The van der Waals surface area contributed by atoms with Crippen LogP contribution in [0.2, 0.25) is 0 Å². The van der Waals surface area contributed by atoms with Crippen molar-refractivity contribution in [1.82, 2.24) is 10.3 Å². The summed E-state index contributed by atoms with van der Waals surface area (Å²) in [5.74, 6) is 1.00. The van der Waals surface area contributed by atoms with E-state index >= 15 is 0 Å². The predicted molar refractivity (Wildman–Crippen MR) is 82.6 cm³/mol. The van der Waals surface area contributed by atoms with E-state index in [2.05, 4.69) is 40.9 Å². The maximum atomic E-state index is 4.58. The highest BCUT2D eigenvalue weighted by Crippen LogP contribution is 2.36. The molecular weight excluding hydrogens is 252 g/mol. The van der Waals surface area contributed by atoms with Crippen LogP contribution in [-0.2, 0) is 0 Å². The number of nitrogens with zero attached hydrogens (tertiary/aromatic N) is 1. The lowest BCUT2D eigenvalue weighted by atomic mass is 10.0. The van der Waals surface area contributed by atoms with Gasteiger partial charge in [0.05, 0.1) is 10.2 Å². The molecule has 3 heteroatoms. The normalized spacial score (nSPS) is 16.9. The summed E-state index contributed by atoms with van der Waals surface area (Å²) in [6, 6.07) is 4.91. The van der Waals surface area contributed by atoms with Crippen molar-refractivity contribution in [3.63, 3.8) is 0 Å². The van der Waals surface area contributed by atoms with Crippen molar-refractivity contribution in [3.8, 4) is 0 Å². The Kier molecular flexibility index (Phi) is 4.14. The molecule has 19 heavy (non-hydrogen) atoms. The lowest BCUT2D eigenvalue weighted by Gasteiger charge is -2.18. The van der Waals surface area contributed by atoms with Crippen molar-refractivity contribution in [3.05, 3.63) is 29.3 Å². The van der Waals surface area contributed by atoms with Crippen LogP contribution in [0.5, 0.6) is 0 Å². The molecule has 1 unspecified atom stereocenters. The topological polar surface area (TPSA) is 24.9 Å². The molecule has 0 aliphatic heterocycles. The first-order valence-corrected chi connectivity index (χ1v) is 8.31. The molecule has 0 radical (unpaired) electrons. The van der Waals surface area contributed by atoms with E-state index in [0.29, 0.717) is 6.04 Å². The summed E-state index contributed by atoms with van der Waals surface area (Å²) in [5, 5.41) is 5.82. The second-order valence-corrected chi connectivity index (χ2v) is 6.55. The molecule has 0 bridgehead atoms. The maximum Gasteiger partial charge on any atom is 0.0809 e. The van der Waals surface area contributed by atoms with E-state index in [-0.39, 0.29) is 0 Å². The third-order valence-electron chi connectivity index (χ3n) is 3.93. The van der Waals surface area contributed by atoms with Gasteiger partial charge in [-0.3, -0.25) is 4.98 Å². The molecule has 2 heterocycles. The van der Waals surface area contributed by atoms with Gasteiger partial charge in [-0.1, -0.05) is 19.8 Å². The van der Waals surface area contributed by atoms with Gasteiger partial charge >= 0.3 is 0 Å². The van der Waals surface area contributed by atoms with E-state index in [9.17, 15) is 0 Å². The monoisotopic (exact) mass is 274 g/mol. The first-order valence-electron chi connectivity index (χ1n) is 7.43. The molecule has 2 nitrogen and oxygen atoms in total. The Labute approximate surface area is 119 Å². The van der Waals surface area contributed by atoms with Gasteiger partial charge in [0.2, 0.25) is 0 Å². The van der Waals surface area contributed by atoms with Gasteiger partial charge in [0.25, 0.3) is 0 Å². The molecule has 1 aliphatic carbocycles. The average Bonchev–Trinajstić information content (AvgIpc) is 3.14. The van der Waals surface area contributed by atoms with Gasteiger partial charge in [0.1, 0.15) is 0 Å². The highest BCUT2D eigenvalue weighted by Gasteiger charge is 2.23. The number of pyridine rings is 1. The van der Waals surface area contributed by atoms with Gasteiger partial charge in [0.15, 0.2) is 0 Å². The number of rotatable bonds is 7. The Morgan fingerprint density at radius 1 is 1.47 bits per heavy atom. The summed E-state index contributed by atoms with van der Waals surface area (Å²) in [4.78, 5) is 4.58. The van der Waals surface area contributed by atoms with Gasteiger partial charge in [0, 0.05) is 12.2 Å². The minimum absolute atomic E-state index is 0.486. The van der Waals surface area contributed by atoms with Crippen molar-refractivity contribution < 1.29 is 0 Å². The summed E-state index contributed by atoms with van der Waals surface area (Å²) in [6.45, 7) is 3.32. The van der Waals surface area contributed by atoms with Crippen LogP contribution < -0.4 is 5.32 Å². The molecular formula is C16H22N2S. The van der Waals surface area contributed by atoms with Gasteiger partial charge in [-0.05, 0) is 54.8 Å². The SMILES string of the molecule is CCCNC(CCC1CC1)c1cnc2ccsc2c1. The van der Waals surface area contributed by atoms with E-state index < -0.39 is 0 Å². The number of hydrogen-bond acceptors (Lipinski definition) is 3. The molecule has 3 rings (SSSR count). The molecule has 102 valence electrons. The summed E-state index contributed by atoms with van der Waals surface area (Å²) in [5.41, 5.74) is 2.49. The van der Waals surface area contributed by atoms with Gasteiger partial charge < -0.3 is 5.32 Å². The summed E-state index contributed by atoms with van der Waals surface area (Å²) >= 11 is 1.79. The summed E-state index contributed by atoms with van der Waals surface area (Å²) in [6.07, 6.45) is 8.77. The van der Waals surface area contributed by atoms with Crippen molar-refractivity contribution in [2.75, 3.05) is 6.54 Å². The van der Waals surface area contributed by atoms with Crippen LogP contribution in [0.3, 0.4) is 0 Å². The fourth-order valence-corrected chi connectivity index (χ4v) is 3.36. The van der Waals surface area contributed by atoms with Crippen LogP contribution >= 0.6 is 11.3 Å². The predicted octanol–water partition coefficient (Wildman–Crippen LogP) is 4.53. The zero-order chi connectivity index (χ0) is 13.1. The van der Waals surface area contributed by atoms with Gasteiger partial charge in [-0.2, -0.15) is 0 Å². The van der Waals surface area contributed by atoms with E-state index in [1.807, 2.05) is 0 Å². The molecule has 0 aromatic carbocycles. The third kappa shape index (κ3) is 3.34. The van der Waals surface area contributed by atoms with Crippen LogP contribution in [0.4, 0.5) is 0 Å². The summed E-state index contributed by atoms with van der Waals surface area (Å²) in [7, 11) is 0. The quantitative estimate of drug-likeness (QED) is 0.802. The highest BCUT2D eigenvalue weighted by molar-refractivity contribution is 7.17.